The average molecular weight is 483 g/mol. The molecule has 4 nitrogen and oxygen atoms in total. The summed E-state index contributed by atoms with van der Waals surface area (Å²) in [7, 11) is 0. The summed E-state index contributed by atoms with van der Waals surface area (Å²) in [6.07, 6.45) is 1.54. The number of Topliss-reactive ketones (excluding diaryl/α,β-unsaturated/α-hetero) is 1. The highest BCUT2D eigenvalue weighted by atomic mass is 16.3. The Balaban J connectivity index is 1.65. The van der Waals surface area contributed by atoms with E-state index in [9.17, 15) is 4.79 Å². The Morgan fingerprint density at radius 1 is 0.730 bits per heavy atom. The number of aliphatic imine (C=N–C) groups is 1. The van der Waals surface area contributed by atoms with Crippen LogP contribution in [0.1, 0.15) is 38.9 Å². The van der Waals surface area contributed by atoms with Crippen molar-refractivity contribution in [3.63, 3.8) is 0 Å². The van der Waals surface area contributed by atoms with Gasteiger partial charge in [-0.1, -0.05) is 121 Å². The van der Waals surface area contributed by atoms with Gasteiger partial charge in [0.15, 0.2) is 11.3 Å². The van der Waals surface area contributed by atoms with E-state index in [2.05, 4.69) is 41.3 Å². The maximum Gasteiger partial charge on any atom is 0.232 e. The SMILES string of the molecule is O=C(c1ccco1)[C@]1(c2ccccc2)N=C(c2ccccc2)N(Cc2ccccc2)[C@H]1c1ccccc1. The van der Waals surface area contributed by atoms with Crippen LogP contribution in [0.15, 0.2) is 149 Å². The van der Waals surface area contributed by atoms with Gasteiger partial charge < -0.3 is 9.32 Å². The molecule has 0 amide bonds. The van der Waals surface area contributed by atoms with Crippen molar-refractivity contribution in [3.05, 3.63) is 168 Å². The molecule has 0 spiro atoms. The topological polar surface area (TPSA) is 45.8 Å². The first-order chi connectivity index (χ1) is 18.3. The molecule has 0 saturated carbocycles. The van der Waals surface area contributed by atoms with Crippen LogP contribution < -0.4 is 0 Å². The van der Waals surface area contributed by atoms with Gasteiger partial charge in [-0.3, -0.25) is 4.79 Å². The van der Waals surface area contributed by atoms with Crippen molar-refractivity contribution in [3.8, 4) is 0 Å². The van der Waals surface area contributed by atoms with Crippen molar-refractivity contribution < 1.29 is 9.21 Å². The molecule has 2 atom stereocenters. The molecule has 2 heterocycles. The molecule has 1 aliphatic rings. The molecule has 6 rings (SSSR count). The lowest BCUT2D eigenvalue weighted by molar-refractivity contribution is 0.0790. The third-order valence-corrected chi connectivity index (χ3v) is 6.91. The third kappa shape index (κ3) is 4.07. The van der Waals surface area contributed by atoms with Gasteiger partial charge in [-0.25, -0.2) is 4.99 Å². The molecule has 1 aromatic heterocycles. The molecule has 0 fully saturated rings. The number of nitrogens with zero attached hydrogens (tertiary/aromatic N) is 2. The first-order valence-electron chi connectivity index (χ1n) is 12.4. The van der Waals surface area contributed by atoms with Gasteiger partial charge in [-0.2, -0.15) is 0 Å². The van der Waals surface area contributed by atoms with E-state index in [0.29, 0.717) is 12.3 Å². The number of benzene rings is 4. The first-order valence-corrected chi connectivity index (χ1v) is 12.4. The van der Waals surface area contributed by atoms with Crippen molar-refractivity contribution in [1.82, 2.24) is 4.90 Å². The molecule has 0 bridgehead atoms. The largest absolute Gasteiger partial charge is 0.461 e. The molecule has 5 aromatic rings. The van der Waals surface area contributed by atoms with Crippen LogP contribution >= 0.6 is 0 Å². The van der Waals surface area contributed by atoms with Gasteiger partial charge in [0.1, 0.15) is 5.84 Å². The highest BCUT2D eigenvalue weighted by Gasteiger charge is 2.56. The van der Waals surface area contributed by atoms with Crippen LogP contribution in [-0.2, 0) is 12.1 Å². The minimum absolute atomic E-state index is 0.165. The van der Waals surface area contributed by atoms with Gasteiger partial charge in [0.25, 0.3) is 0 Å². The van der Waals surface area contributed by atoms with Gasteiger partial charge in [0.2, 0.25) is 5.78 Å². The second-order valence-corrected chi connectivity index (χ2v) is 9.17. The van der Waals surface area contributed by atoms with Crippen LogP contribution in [0.4, 0.5) is 0 Å². The van der Waals surface area contributed by atoms with E-state index in [4.69, 9.17) is 9.41 Å². The van der Waals surface area contributed by atoms with E-state index < -0.39 is 11.6 Å². The smallest absolute Gasteiger partial charge is 0.232 e. The second-order valence-electron chi connectivity index (χ2n) is 9.17. The van der Waals surface area contributed by atoms with E-state index in [1.807, 2.05) is 84.9 Å². The molecule has 4 heteroatoms. The van der Waals surface area contributed by atoms with Crippen molar-refractivity contribution in [2.75, 3.05) is 0 Å². The van der Waals surface area contributed by atoms with E-state index in [-0.39, 0.29) is 5.78 Å². The van der Waals surface area contributed by atoms with E-state index in [1.165, 1.54) is 0 Å². The summed E-state index contributed by atoms with van der Waals surface area (Å²) in [6, 6.07) is 43.6. The summed E-state index contributed by atoms with van der Waals surface area (Å²) in [5, 5.41) is 0. The monoisotopic (exact) mass is 482 g/mol. The molecular weight excluding hydrogens is 456 g/mol. The highest BCUT2D eigenvalue weighted by molar-refractivity contribution is 6.09. The normalized spacial score (nSPS) is 19.0. The zero-order valence-electron chi connectivity index (χ0n) is 20.3. The number of carbonyl (C=O) groups is 1. The molecule has 180 valence electrons. The standard InChI is InChI=1S/C33H26N2O2/c36-31(29-22-13-23-37-29)33(28-20-11-4-12-21-28)30(26-16-7-2-8-17-26)35(24-25-14-5-1-6-15-25)32(34-33)27-18-9-3-10-19-27/h1-23,30H,24H2/t30-,33+/m0/s1. The van der Waals surface area contributed by atoms with Crippen LogP contribution in [0, 0.1) is 0 Å². The Bertz CT molecular complexity index is 1500. The van der Waals surface area contributed by atoms with Crippen molar-refractivity contribution in [1.29, 1.82) is 0 Å². The fraction of sp³-hybridized carbons (Fsp3) is 0.0909. The number of rotatable bonds is 7. The van der Waals surface area contributed by atoms with Crippen LogP contribution in [0.3, 0.4) is 0 Å². The molecule has 0 saturated heterocycles. The molecule has 0 N–H and O–H groups in total. The summed E-state index contributed by atoms with van der Waals surface area (Å²) in [5.74, 6) is 0.908. The number of furan rings is 1. The van der Waals surface area contributed by atoms with Crippen LogP contribution in [0.2, 0.25) is 0 Å². The Morgan fingerprint density at radius 2 is 1.32 bits per heavy atom. The van der Waals surface area contributed by atoms with Gasteiger partial charge in [0.05, 0.1) is 12.3 Å². The molecule has 0 unspecified atom stereocenters. The van der Waals surface area contributed by atoms with Crippen molar-refractivity contribution in [2.24, 2.45) is 4.99 Å². The molecule has 0 radical (unpaired) electrons. The van der Waals surface area contributed by atoms with Crippen LogP contribution in [0.5, 0.6) is 0 Å². The zero-order valence-corrected chi connectivity index (χ0v) is 20.3. The third-order valence-electron chi connectivity index (χ3n) is 6.91. The summed E-state index contributed by atoms with van der Waals surface area (Å²) in [4.78, 5) is 22.2. The number of hydrogen-bond acceptors (Lipinski definition) is 4. The number of hydrogen-bond donors (Lipinski definition) is 0. The highest BCUT2D eigenvalue weighted by Crippen LogP contribution is 2.50. The lowest BCUT2D eigenvalue weighted by atomic mass is 9.76. The molecular formula is C33H26N2O2. The summed E-state index contributed by atoms with van der Waals surface area (Å²) < 4.78 is 5.70. The molecule has 4 aromatic carbocycles. The Kier molecular flexibility index (Phi) is 5.99. The zero-order chi connectivity index (χ0) is 25.1. The Morgan fingerprint density at radius 3 is 1.95 bits per heavy atom. The second kappa shape index (κ2) is 9.75. The Labute approximate surface area is 216 Å². The van der Waals surface area contributed by atoms with E-state index >= 15 is 0 Å². The van der Waals surface area contributed by atoms with Crippen LogP contribution in [-0.4, -0.2) is 16.5 Å². The van der Waals surface area contributed by atoms with Gasteiger partial charge in [0, 0.05) is 12.1 Å². The predicted molar refractivity (Wildman–Crippen MR) is 145 cm³/mol. The maximum atomic E-state index is 14.6. The van der Waals surface area contributed by atoms with E-state index in [1.54, 1.807) is 18.4 Å². The number of carbonyl (C=O) groups excluding carboxylic acids is 1. The lowest BCUT2D eigenvalue weighted by Gasteiger charge is -2.37. The first kappa shape index (κ1) is 22.7. The minimum atomic E-state index is -1.25. The molecule has 0 aliphatic carbocycles. The van der Waals surface area contributed by atoms with Gasteiger partial charge >= 0.3 is 0 Å². The predicted octanol–water partition coefficient (Wildman–Crippen LogP) is 7.06. The van der Waals surface area contributed by atoms with Gasteiger partial charge in [-0.05, 0) is 28.8 Å². The Hall–Kier alpha value is -4.70. The fourth-order valence-electron chi connectivity index (χ4n) is 5.28. The van der Waals surface area contributed by atoms with Crippen molar-refractivity contribution in [2.45, 2.75) is 18.1 Å². The lowest BCUT2D eigenvalue weighted by Crippen LogP contribution is -2.43. The summed E-state index contributed by atoms with van der Waals surface area (Å²) >= 11 is 0. The molecule has 1 aliphatic heterocycles. The summed E-state index contributed by atoms with van der Waals surface area (Å²) in [6.45, 7) is 0.591. The maximum absolute atomic E-state index is 14.6. The van der Waals surface area contributed by atoms with E-state index in [0.717, 1.165) is 28.1 Å². The average Bonchev–Trinajstić information content (AvgIpc) is 3.62. The summed E-state index contributed by atoms with van der Waals surface area (Å²) in [5.41, 5.74) is 2.69. The quantitative estimate of drug-likeness (QED) is 0.233. The fourth-order valence-corrected chi connectivity index (χ4v) is 5.28. The molecule has 37 heavy (non-hydrogen) atoms. The number of ketones is 1. The van der Waals surface area contributed by atoms with Crippen LogP contribution in [0.25, 0.3) is 0 Å². The van der Waals surface area contributed by atoms with Crippen molar-refractivity contribution >= 4 is 11.6 Å². The van der Waals surface area contributed by atoms with Gasteiger partial charge in [-0.15, -0.1) is 0 Å². The number of amidine groups is 1. The minimum Gasteiger partial charge on any atom is -0.461 e.